The van der Waals surface area contributed by atoms with Gasteiger partial charge in [0.15, 0.2) is 0 Å². The highest BCUT2D eigenvalue weighted by atomic mass is 35.5. The Morgan fingerprint density at radius 3 is 2.69 bits per heavy atom. The van der Waals surface area contributed by atoms with Gasteiger partial charge in [0.2, 0.25) is 0 Å². The number of thiophene rings is 1. The number of likely N-dealkylation sites (N-methyl/N-ethyl adjacent to an activating group) is 1. The smallest absolute Gasteiger partial charge is 0.0931 e. The summed E-state index contributed by atoms with van der Waals surface area (Å²) in [5, 5.41) is 3.35. The van der Waals surface area contributed by atoms with Gasteiger partial charge in [0, 0.05) is 18.0 Å². The van der Waals surface area contributed by atoms with Crippen LogP contribution in [0.3, 0.4) is 0 Å². The van der Waals surface area contributed by atoms with Gasteiger partial charge in [0.1, 0.15) is 0 Å². The van der Waals surface area contributed by atoms with Crippen LogP contribution in [-0.4, -0.2) is 26.3 Å². The van der Waals surface area contributed by atoms with Crippen LogP contribution in [-0.2, 0) is 11.2 Å². The number of ether oxygens (including phenoxy) is 1. The topological polar surface area (TPSA) is 21.3 Å². The van der Waals surface area contributed by atoms with E-state index in [0.29, 0.717) is 12.1 Å². The summed E-state index contributed by atoms with van der Waals surface area (Å²) in [6.07, 6.45) is 3.59. The zero-order chi connectivity index (χ0) is 12.0. The number of halogens is 1. The van der Waals surface area contributed by atoms with E-state index in [-0.39, 0.29) is 0 Å². The standard InChI is InChI=1S/C12H20ClNOS/c1-9(15-3)4-5-10(14-2)8-11-6-7-12(13)16-11/h6-7,9-10,14H,4-5,8H2,1-3H3. The Kier molecular flexibility index (Phi) is 6.36. The van der Waals surface area contributed by atoms with Gasteiger partial charge in [-0.2, -0.15) is 0 Å². The Labute approximate surface area is 107 Å². The van der Waals surface area contributed by atoms with Crippen LogP contribution >= 0.6 is 22.9 Å². The Morgan fingerprint density at radius 1 is 1.44 bits per heavy atom. The summed E-state index contributed by atoms with van der Waals surface area (Å²) in [5.41, 5.74) is 0. The molecule has 0 aliphatic heterocycles. The molecule has 0 bridgehead atoms. The maximum absolute atomic E-state index is 5.92. The molecule has 0 radical (unpaired) electrons. The molecule has 0 aliphatic carbocycles. The Bertz CT molecular complexity index is 303. The van der Waals surface area contributed by atoms with Gasteiger partial charge in [-0.15, -0.1) is 11.3 Å². The second-order valence-corrected chi connectivity index (χ2v) is 5.82. The van der Waals surface area contributed by atoms with Gasteiger partial charge in [-0.25, -0.2) is 0 Å². The van der Waals surface area contributed by atoms with Crippen LogP contribution in [0.5, 0.6) is 0 Å². The minimum atomic E-state index is 0.336. The molecule has 2 atom stereocenters. The highest BCUT2D eigenvalue weighted by Gasteiger charge is 2.10. The summed E-state index contributed by atoms with van der Waals surface area (Å²) in [4.78, 5) is 1.34. The monoisotopic (exact) mass is 261 g/mol. The molecule has 1 N–H and O–H groups in total. The van der Waals surface area contributed by atoms with Crippen molar-refractivity contribution in [1.82, 2.24) is 5.32 Å². The highest BCUT2D eigenvalue weighted by Crippen LogP contribution is 2.23. The van der Waals surface area contributed by atoms with Crippen molar-refractivity contribution in [2.75, 3.05) is 14.2 Å². The summed E-state index contributed by atoms with van der Waals surface area (Å²) in [6.45, 7) is 2.11. The van der Waals surface area contributed by atoms with Gasteiger partial charge >= 0.3 is 0 Å². The molecule has 0 aliphatic rings. The minimum Gasteiger partial charge on any atom is -0.382 e. The fourth-order valence-electron chi connectivity index (χ4n) is 1.61. The second kappa shape index (κ2) is 7.28. The molecule has 0 spiro atoms. The Hall–Kier alpha value is -0.0900. The molecule has 1 heterocycles. The fourth-order valence-corrected chi connectivity index (χ4v) is 2.77. The average Bonchev–Trinajstić information content (AvgIpc) is 2.69. The van der Waals surface area contributed by atoms with E-state index in [1.165, 1.54) is 4.88 Å². The van der Waals surface area contributed by atoms with Crippen molar-refractivity contribution in [3.05, 3.63) is 21.3 Å². The molecule has 2 unspecified atom stereocenters. The maximum atomic E-state index is 5.92. The largest absolute Gasteiger partial charge is 0.382 e. The van der Waals surface area contributed by atoms with Crippen LogP contribution in [0.15, 0.2) is 12.1 Å². The molecular weight excluding hydrogens is 242 g/mol. The van der Waals surface area contributed by atoms with Gasteiger partial charge in [0.25, 0.3) is 0 Å². The molecule has 0 fully saturated rings. The second-order valence-electron chi connectivity index (χ2n) is 4.02. The van der Waals surface area contributed by atoms with Crippen molar-refractivity contribution in [3.63, 3.8) is 0 Å². The highest BCUT2D eigenvalue weighted by molar-refractivity contribution is 7.16. The van der Waals surface area contributed by atoms with Crippen molar-refractivity contribution < 1.29 is 4.74 Å². The number of nitrogens with one attached hydrogen (secondary N) is 1. The van der Waals surface area contributed by atoms with E-state index in [2.05, 4.69) is 18.3 Å². The summed E-state index contributed by atoms with van der Waals surface area (Å²) in [5.74, 6) is 0. The first kappa shape index (κ1) is 14.0. The van der Waals surface area contributed by atoms with Crippen LogP contribution in [0, 0.1) is 0 Å². The predicted molar refractivity (Wildman–Crippen MR) is 71.6 cm³/mol. The number of rotatable bonds is 7. The number of hydrogen-bond donors (Lipinski definition) is 1. The molecule has 92 valence electrons. The van der Waals surface area contributed by atoms with E-state index in [4.69, 9.17) is 16.3 Å². The van der Waals surface area contributed by atoms with Crippen LogP contribution in [0.25, 0.3) is 0 Å². The fraction of sp³-hybridized carbons (Fsp3) is 0.667. The van der Waals surface area contributed by atoms with Gasteiger partial charge in [-0.1, -0.05) is 11.6 Å². The molecule has 1 rings (SSSR count). The van der Waals surface area contributed by atoms with Gasteiger partial charge in [-0.05, 0) is 45.4 Å². The molecular formula is C12H20ClNOS. The average molecular weight is 262 g/mol. The van der Waals surface area contributed by atoms with E-state index in [1.807, 2.05) is 13.1 Å². The first-order chi connectivity index (χ1) is 7.65. The number of methoxy groups -OCH3 is 1. The third-order valence-electron chi connectivity index (χ3n) is 2.81. The van der Waals surface area contributed by atoms with Crippen molar-refractivity contribution >= 4 is 22.9 Å². The summed E-state index contributed by atoms with van der Waals surface area (Å²) in [7, 11) is 3.77. The molecule has 1 aromatic heterocycles. The van der Waals surface area contributed by atoms with Gasteiger partial charge < -0.3 is 10.1 Å². The normalized spacial score (nSPS) is 15.0. The lowest BCUT2D eigenvalue weighted by atomic mass is 10.1. The van der Waals surface area contributed by atoms with Crippen LogP contribution < -0.4 is 5.32 Å². The molecule has 0 saturated carbocycles. The van der Waals surface area contributed by atoms with Crippen molar-refractivity contribution in [2.24, 2.45) is 0 Å². The first-order valence-corrected chi connectivity index (χ1v) is 6.79. The molecule has 16 heavy (non-hydrogen) atoms. The third kappa shape index (κ3) is 4.83. The van der Waals surface area contributed by atoms with E-state index in [9.17, 15) is 0 Å². The maximum Gasteiger partial charge on any atom is 0.0931 e. The van der Waals surface area contributed by atoms with Crippen LogP contribution in [0.4, 0.5) is 0 Å². The van der Waals surface area contributed by atoms with Crippen molar-refractivity contribution in [2.45, 2.75) is 38.3 Å². The third-order valence-corrected chi connectivity index (χ3v) is 4.06. The van der Waals surface area contributed by atoms with Crippen LogP contribution in [0.1, 0.15) is 24.6 Å². The van der Waals surface area contributed by atoms with Gasteiger partial charge in [0.05, 0.1) is 10.4 Å². The SMILES string of the molecule is CNC(CCC(C)OC)Cc1ccc(Cl)s1. The first-order valence-electron chi connectivity index (χ1n) is 5.60. The van der Waals surface area contributed by atoms with E-state index >= 15 is 0 Å². The quantitative estimate of drug-likeness (QED) is 0.813. The van der Waals surface area contributed by atoms with Crippen molar-refractivity contribution in [3.8, 4) is 0 Å². The van der Waals surface area contributed by atoms with E-state index < -0.39 is 0 Å². The Morgan fingerprint density at radius 2 is 2.19 bits per heavy atom. The van der Waals surface area contributed by atoms with Gasteiger partial charge in [-0.3, -0.25) is 0 Å². The minimum absolute atomic E-state index is 0.336. The molecule has 4 heteroatoms. The van der Waals surface area contributed by atoms with Crippen LogP contribution in [0.2, 0.25) is 4.34 Å². The Balaban J connectivity index is 2.37. The zero-order valence-corrected chi connectivity index (χ0v) is 11.7. The molecule has 1 aromatic rings. The summed E-state index contributed by atoms with van der Waals surface area (Å²) < 4.78 is 6.12. The van der Waals surface area contributed by atoms with Crippen molar-refractivity contribution in [1.29, 1.82) is 0 Å². The molecule has 0 aromatic carbocycles. The lowest BCUT2D eigenvalue weighted by Gasteiger charge is -2.17. The number of hydrogen-bond acceptors (Lipinski definition) is 3. The summed E-state index contributed by atoms with van der Waals surface area (Å²) in [6, 6.07) is 4.58. The lowest BCUT2D eigenvalue weighted by molar-refractivity contribution is 0.106. The lowest BCUT2D eigenvalue weighted by Crippen LogP contribution is -2.28. The van der Waals surface area contributed by atoms with E-state index in [1.54, 1.807) is 18.4 Å². The predicted octanol–water partition coefficient (Wildman–Crippen LogP) is 3.35. The molecule has 0 saturated heterocycles. The van der Waals surface area contributed by atoms with E-state index in [0.717, 1.165) is 23.6 Å². The zero-order valence-electron chi connectivity index (χ0n) is 10.1. The molecule has 0 amide bonds. The molecule has 2 nitrogen and oxygen atoms in total. The summed E-state index contributed by atoms with van der Waals surface area (Å²) >= 11 is 7.58.